The Kier molecular flexibility index (Phi) is 5.27. The van der Waals surface area contributed by atoms with E-state index in [-0.39, 0.29) is 12.1 Å². The molecule has 2 unspecified atom stereocenters. The second-order valence-corrected chi connectivity index (χ2v) is 5.86. The molecule has 0 aliphatic rings. The van der Waals surface area contributed by atoms with Crippen molar-refractivity contribution in [1.82, 2.24) is 0 Å². The third kappa shape index (κ3) is 3.99. The zero-order valence-corrected chi connectivity index (χ0v) is 13.5. The van der Waals surface area contributed by atoms with E-state index in [2.05, 4.69) is 38.1 Å². The van der Waals surface area contributed by atoms with Crippen LogP contribution in [0.1, 0.15) is 36.1 Å². The van der Waals surface area contributed by atoms with Crippen molar-refractivity contribution in [2.75, 3.05) is 0 Å². The minimum atomic E-state index is -0.199. The zero-order valence-electron chi connectivity index (χ0n) is 12.8. The molecule has 0 radical (unpaired) electrons. The second-order valence-electron chi connectivity index (χ2n) is 5.46. The van der Waals surface area contributed by atoms with Crippen LogP contribution in [0.2, 0.25) is 5.02 Å². The largest absolute Gasteiger partial charge is 0.483 e. The van der Waals surface area contributed by atoms with Crippen LogP contribution in [0, 0.1) is 13.8 Å². The summed E-state index contributed by atoms with van der Waals surface area (Å²) in [6, 6.07) is 14.0. The van der Waals surface area contributed by atoms with Crippen molar-refractivity contribution in [2.24, 2.45) is 5.73 Å². The maximum atomic E-state index is 6.26. The first kappa shape index (κ1) is 15.9. The molecule has 112 valence electrons. The van der Waals surface area contributed by atoms with Gasteiger partial charge in [0.1, 0.15) is 11.9 Å². The van der Waals surface area contributed by atoms with Crippen LogP contribution in [0.4, 0.5) is 0 Å². The van der Waals surface area contributed by atoms with Gasteiger partial charge in [-0.1, -0.05) is 54.4 Å². The van der Waals surface area contributed by atoms with Crippen LogP contribution >= 0.6 is 11.6 Å². The first-order valence-electron chi connectivity index (χ1n) is 7.26. The summed E-state index contributed by atoms with van der Waals surface area (Å²) < 4.78 is 6.15. The third-order valence-corrected chi connectivity index (χ3v) is 3.92. The SMILES string of the molecule is CCC(N)C(Oc1cc(C)ccc1Cl)c1ccc(C)cc1. The van der Waals surface area contributed by atoms with Crippen molar-refractivity contribution in [1.29, 1.82) is 0 Å². The van der Waals surface area contributed by atoms with Gasteiger partial charge in [-0.25, -0.2) is 0 Å². The summed E-state index contributed by atoms with van der Waals surface area (Å²) in [5.74, 6) is 0.686. The molecule has 0 aromatic heterocycles. The second kappa shape index (κ2) is 6.97. The van der Waals surface area contributed by atoms with E-state index in [0.29, 0.717) is 10.8 Å². The van der Waals surface area contributed by atoms with Gasteiger partial charge >= 0.3 is 0 Å². The Balaban J connectivity index is 2.32. The van der Waals surface area contributed by atoms with E-state index < -0.39 is 0 Å². The number of halogens is 1. The van der Waals surface area contributed by atoms with Crippen molar-refractivity contribution >= 4 is 11.6 Å². The fourth-order valence-electron chi connectivity index (χ4n) is 2.21. The molecule has 0 amide bonds. The summed E-state index contributed by atoms with van der Waals surface area (Å²) in [5.41, 5.74) is 9.66. The zero-order chi connectivity index (χ0) is 15.4. The fourth-order valence-corrected chi connectivity index (χ4v) is 2.37. The predicted molar refractivity (Wildman–Crippen MR) is 89.0 cm³/mol. The van der Waals surface area contributed by atoms with Crippen molar-refractivity contribution in [3.05, 3.63) is 64.2 Å². The Morgan fingerprint density at radius 2 is 1.67 bits per heavy atom. The summed E-state index contributed by atoms with van der Waals surface area (Å²) in [5, 5.41) is 0.612. The van der Waals surface area contributed by atoms with E-state index in [4.69, 9.17) is 22.1 Å². The van der Waals surface area contributed by atoms with E-state index in [9.17, 15) is 0 Å². The molecule has 0 saturated carbocycles. The van der Waals surface area contributed by atoms with Crippen molar-refractivity contribution in [3.8, 4) is 5.75 Å². The molecular weight excluding hydrogens is 282 g/mol. The van der Waals surface area contributed by atoms with Crippen molar-refractivity contribution in [3.63, 3.8) is 0 Å². The predicted octanol–water partition coefficient (Wildman–Crippen LogP) is 4.81. The van der Waals surface area contributed by atoms with Gasteiger partial charge in [-0.3, -0.25) is 0 Å². The molecule has 0 fully saturated rings. The summed E-state index contributed by atoms with van der Waals surface area (Å²) in [6.07, 6.45) is 0.636. The van der Waals surface area contributed by atoms with Crippen LogP contribution in [-0.4, -0.2) is 6.04 Å². The maximum Gasteiger partial charge on any atom is 0.139 e. The van der Waals surface area contributed by atoms with Crippen molar-refractivity contribution < 1.29 is 4.74 Å². The monoisotopic (exact) mass is 303 g/mol. The average Bonchev–Trinajstić information content (AvgIpc) is 2.48. The lowest BCUT2D eigenvalue weighted by atomic mass is 9.99. The highest BCUT2D eigenvalue weighted by atomic mass is 35.5. The van der Waals surface area contributed by atoms with Gasteiger partial charge in [0.15, 0.2) is 0 Å². The van der Waals surface area contributed by atoms with Crippen LogP contribution in [0.25, 0.3) is 0 Å². The van der Waals surface area contributed by atoms with Crippen molar-refractivity contribution in [2.45, 2.75) is 39.3 Å². The number of hydrogen-bond acceptors (Lipinski definition) is 2. The quantitative estimate of drug-likeness (QED) is 0.860. The normalized spacial score (nSPS) is 13.8. The van der Waals surface area contributed by atoms with Gasteiger partial charge in [-0.05, 0) is 43.5 Å². The van der Waals surface area contributed by atoms with E-state index in [1.807, 2.05) is 25.1 Å². The van der Waals surface area contributed by atoms with Gasteiger partial charge in [0.2, 0.25) is 0 Å². The van der Waals surface area contributed by atoms with Crippen LogP contribution < -0.4 is 10.5 Å². The first-order chi connectivity index (χ1) is 10.0. The lowest BCUT2D eigenvalue weighted by Crippen LogP contribution is -2.31. The molecule has 2 N–H and O–H groups in total. The Labute approximate surface area is 131 Å². The van der Waals surface area contributed by atoms with Crippen LogP contribution in [0.15, 0.2) is 42.5 Å². The highest BCUT2D eigenvalue weighted by Crippen LogP contribution is 2.31. The number of nitrogens with two attached hydrogens (primary N) is 1. The van der Waals surface area contributed by atoms with E-state index in [1.54, 1.807) is 0 Å². The number of rotatable bonds is 5. The smallest absolute Gasteiger partial charge is 0.139 e. The lowest BCUT2D eigenvalue weighted by molar-refractivity contribution is 0.171. The molecule has 0 aliphatic carbocycles. The molecule has 0 saturated heterocycles. The third-order valence-electron chi connectivity index (χ3n) is 3.61. The number of hydrogen-bond donors (Lipinski definition) is 1. The Morgan fingerprint density at radius 3 is 2.29 bits per heavy atom. The van der Waals surface area contributed by atoms with Crippen LogP contribution in [0.3, 0.4) is 0 Å². The molecule has 0 aliphatic heterocycles. The molecular formula is C18H22ClNO. The number of aryl methyl sites for hydroxylation is 2. The minimum Gasteiger partial charge on any atom is -0.483 e. The molecule has 2 aromatic carbocycles. The van der Waals surface area contributed by atoms with Gasteiger partial charge in [0.05, 0.1) is 5.02 Å². The maximum absolute atomic E-state index is 6.26. The first-order valence-corrected chi connectivity index (χ1v) is 7.64. The van der Waals surface area contributed by atoms with Gasteiger partial charge in [-0.2, -0.15) is 0 Å². The molecule has 2 rings (SSSR count). The fraction of sp³-hybridized carbons (Fsp3) is 0.333. The summed E-state index contributed by atoms with van der Waals surface area (Å²) in [7, 11) is 0. The van der Waals surface area contributed by atoms with Gasteiger partial charge in [-0.15, -0.1) is 0 Å². The summed E-state index contributed by atoms with van der Waals surface area (Å²) in [4.78, 5) is 0. The number of benzene rings is 2. The lowest BCUT2D eigenvalue weighted by Gasteiger charge is -2.25. The Bertz CT molecular complexity index is 595. The van der Waals surface area contributed by atoms with Gasteiger partial charge < -0.3 is 10.5 Å². The molecule has 0 bridgehead atoms. The Hall–Kier alpha value is -1.51. The molecule has 3 heteroatoms. The molecule has 21 heavy (non-hydrogen) atoms. The van der Waals surface area contributed by atoms with E-state index in [1.165, 1.54) is 5.56 Å². The molecule has 2 atom stereocenters. The van der Waals surface area contributed by atoms with Crippen LogP contribution in [-0.2, 0) is 0 Å². The topological polar surface area (TPSA) is 35.2 Å². The van der Waals surface area contributed by atoms with E-state index >= 15 is 0 Å². The summed E-state index contributed by atoms with van der Waals surface area (Å²) >= 11 is 6.24. The van der Waals surface area contributed by atoms with Gasteiger partial charge in [0, 0.05) is 6.04 Å². The van der Waals surface area contributed by atoms with Gasteiger partial charge in [0.25, 0.3) is 0 Å². The highest BCUT2D eigenvalue weighted by Gasteiger charge is 2.21. The van der Waals surface area contributed by atoms with E-state index in [0.717, 1.165) is 17.5 Å². The highest BCUT2D eigenvalue weighted by molar-refractivity contribution is 6.32. The number of ether oxygens (including phenoxy) is 1. The molecule has 2 nitrogen and oxygen atoms in total. The molecule has 0 spiro atoms. The van der Waals surface area contributed by atoms with Crippen LogP contribution in [0.5, 0.6) is 5.75 Å². The molecule has 0 heterocycles. The Morgan fingerprint density at radius 1 is 1.05 bits per heavy atom. The summed E-state index contributed by atoms with van der Waals surface area (Å²) in [6.45, 7) is 6.15. The average molecular weight is 304 g/mol. The standard InChI is InChI=1S/C18H22ClNO/c1-4-16(20)18(14-8-5-12(2)6-9-14)21-17-11-13(3)7-10-15(17)19/h5-11,16,18H,4,20H2,1-3H3. The minimum absolute atomic E-state index is 0.0794. The molecule has 2 aromatic rings.